The first-order valence-electron chi connectivity index (χ1n) is 5.21. The third-order valence-corrected chi connectivity index (χ3v) is 2.24. The number of furan rings is 1. The Labute approximate surface area is 85.3 Å². The maximum absolute atomic E-state index is 8.84. The largest absolute Gasteiger partial charge is 0.462 e. The van der Waals surface area contributed by atoms with Crippen molar-refractivity contribution in [1.82, 2.24) is 4.90 Å². The maximum atomic E-state index is 8.84. The molecule has 1 aromatic heterocycles. The molecule has 0 saturated carbocycles. The van der Waals surface area contributed by atoms with Gasteiger partial charge in [-0.1, -0.05) is 13.8 Å². The molecule has 0 saturated heterocycles. The van der Waals surface area contributed by atoms with Crippen LogP contribution in [-0.2, 0) is 13.2 Å². The molecule has 0 aromatic carbocycles. The van der Waals surface area contributed by atoms with Gasteiger partial charge in [-0.05, 0) is 31.6 Å². The van der Waals surface area contributed by atoms with E-state index in [-0.39, 0.29) is 6.61 Å². The molecule has 0 fully saturated rings. The van der Waals surface area contributed by atoms with Gasteiger partial charge < -0.3 is 9.52 Å². The molecule has 0 aliphatic heterocycles. The Morgan fingerprint density at radius 2 is 2.00 bits per heavy atom. The van der Waals surface area contributed by atoms with Crippen LogP contribution in [0.25, 0.3) is 0 Å². The molecule has 0 amide bonds. The molecular formula is C11H19NO2. The second kappa shape index (κ2) is 5.83. The summed E-state index contributed by atoms with van der Waals surface area (Å²) in [4.78, 5) is 2.32. The highest BCUT2D eigenvalue weighted by Gasteiger charge is 2.06. The molecule has 0 aliphatic carbocycles. The minimum absolute atomic E-state index is 0.0140. The van der Waals surface area contributed by atoms with Crippen LogP contribution in [0.1, 0.15) is 31.8 Å². The van der Waals surface area contributed by atoms with Gasteiger partial charge in [0.1, 0.15) is 18.1 Å². The molecule has 0 spiro atoms. The Bertz CT molecular complexity index is 258. The molecule has 0 atom stereocenters. The van der Waals surface area contributed by atoms with Crippen LogP contribution < -0.4 is 0 Å². The quantitative estimate of drug-likeness (QED) is 0.757. The van der Waals surface area contributed by atoms with Crippen molar-refractivity contribution in [3.63, 3.8) is 0 Å². The van der Waals surface area contributed by atoms with Crippen LogP contribution in [0, 0.1) is 0 Å². The van der Waals surface area contributed by atoms with Crippen LogP contribution in [0.15, 0.2) is 16.5 Å². The van der Waals surface area contributed by atoms with E-state index in [1.807, 2.05) is 12.1 Å². The summed E-state index contributed by atoms with van der Waals surface area (Å²) in [6, 6.07) is 3.76. The van der Waals surface area contributed by atoms with E-state index in [0.717, 1.165) is 31.8 Å². The van der Waals surface area contributed by atoms with Crippen LogP contribution in [-0.4, -0.2) is 23.1 Å². The van der Waals surface area contributed by atoms with Crippen molar-refractivity contribution in [2.45, 2.75) is 33.4 Å². The lowest BCUT2D eigenvalue weighted by molar-refractivity contribution is 0.223. The summed E-state index contributed by atoms with van der Waals surface area (Å²) < 4.78 is 5.42. The van der Waals surface area contributed by atoms with Crippen molar-refractivity contribution < 1.29 is 9.52 Å². The zero-order valence-electron chi connectivity index (χ0n) is 8.99. The molecule has 3 heteroatoms. The average Bonchev–Trinajstić information content (AvgIpc) is 2.65. The van der Waals surface area contributed by atoms with Crippen LogP contribution in [0.3, 0.4) is 0 Å². The fourth-order valence-corrected chi connectivity index (χ4v) is 1.48. The van der Waals surface area contributed by atoms with Gasteiger partial charge in [-0.2, -0.15) is 0 Å². The molecular weight excluding hydrogens is 178 g/mol. The molecule has 1 rings (SSSR count). The predicted octanol–water partition coefficient (Wildman–Crippen LogP) is 2.00. The van der Waals surface area contributed by atoms with Crippen LogP contribution in [0.4, 0.5) is 0 Å². The molecule has 0 radical (unpaired) electrons. The second-order valence-corrected chi connectivity index (χ2v) is 3.39. The molecule has 0 bridgehead atoms. The molecule has 14 heavy (non-hydrogen) atoms. The lowest BCUT2D eigenvalue weighted by atomic mass is 10.3. The summed E-state index contributed by atoms with van der Waals surface area (Å²) in [5.74, 6) is 1.58. The van der Waals surface area contributed by atoms with Crippen LogP contribution in [0.2, 0.25) is 0 Å². The van der Waals surface area contributed by atoms with Crippen LogP contribution in [0.5, 0.6) is 0 Å². The smallest absolute Gasteiger partial charge is 0.129 e. The number of nitrogens with zero attached hydrogens (tertiary/aromatic N) is 1. The summed E-state index contributed by atoms with van der Waals surface area (Å²) in [6.45, 7) is 7.26. The van der Waals surface area contributed by atoms with E-state index in [9.17, 15) is 0 Å². The topological polar surface area (TPSA) is 36.6 Å². The average molecular weight is 197 g/mol. The Hall–Kier alpha value is -0.800. The predicted molar refractivity (Wildman–Crippen MR) is 55.9 cm³/mol. The van der Waals surface area contributed by atoms with E-state index in [1.165, 1.54) is 0 Å². The first-order valence-corrected chi connectivity index (χ1v) is 5.21. The van der Waals surface area contributed by atoms with Gasteiger partial charge in [0.05, 0.1) is 6.54 Å². The highest BCUT2D eigenvalue weighted by atomic mass is 16.4. The lowest BCUT2D eigenvalue weighted by Gasteiger charge is -2.17. The Morgan fingerprint density at radius 1 is 1.29 bits per heavy atom. The minimum Gasteiger partial charge on any atom is -0.462 e. The normalized spacial score (nSPS) is 11.1. The van der Waals surface area contributed by atoms with E-state index in [2.05, 4.69) is 18.7 Å². The van der Waals surface area contributed by atoms with E-state index in [1.54, 1.807) is 0 Å². The Morgan fingerprint density at radius 3 is 2.50 bits per heavy atom. The number of aliphatic hydroxyl groups is 1. The summed E-state index contributed by atoms with van der Waals surface area (Å²) in [5.41, 5.74) is 0. The van der Waals surface area contributed by atoms with Gasteiger partial charge in [0, 0.05) is 0 Å². The highest BCUT2D eigenvalue weighted by Crippen LogP contribution is 2.10. The van der Waals surface area contributed by atoms with Gasteiger partial charge in [-0.3, -0.25) is 4.90 Å². The van der Waals surface area contributed by atoms with Crippen LogP contribution >= 0.6 is 0 Å². The number of hydrogen-bond donors (Lipinski definition) is 1. The van der Waals surface area contributed by atoms with Gasteiger partial charge in [-0.25, -0.2) is 0 Å². The van der Waals surface area contributed by atoms with E-state index >= 15 is 0 Å². The fraction of sp³-hybridized carbons (Fsp3) is 0.636. The molecule has 80 valence electrons. The van der Waals surface area contributed by atoms with Crippen molar-refractivity contribution >= 4 is 0 Å². The fourth-order valence-electron chi connectivity index (χ4n) is 1.48. The summed E-state index contributed by atoms with van der Waals surface area (Å²) in [7, 11) is 0. The number of hydrogen-bond acceptors (Lipinski definition) is 3. The van der Waals surface area contributed by atoms with Gasteiger partial charge >= 0.3 is 0 Å². The molecule has 1 N–H and O–H groups in total. The third-order valence-electron chi connectivity index (χ3n) is 2.24. The zero-order valence-corrected chi connectivity index (χ0v) is 8.99. The van der Waals surface area contributed by atoms with Gasteiger partial charge in [0.2, 0.25) is 0 Å². The summed E-state index contributed by atoms with van der Waals surface area (Å²) in [6.07, 6.45) is 1.15. The minimum atomic E-state index is -0.0140. The monoisotopic (exact) mass is 197 g/mol. The Kier molecular flexibility index (Phi) is 4.70. The van der Waals surface area contributed by atoms with Gasteiger partial charge in [0.15, 0.2) is 0 Å². The molecule has 1 aromatic rings. The molecule has 0 aliphatic rings. The van der Waals surface area contributed by atoms with Crippen molar-refractivity contribution in [3.05, 3.63) is 23.7 Å². The standard InChI is InChI=1S/C11H19NO2/c1-3-7-12(4-2)8-10-5-6-11(9-13)14-10/h5-6,13H,3-4,7-9H2,1-2H3. The van der Waals surface area contributed by atoms with Crippen molar-refractivity contribution in [2.24, 2.45) is 0 Å². The Balaban J connectivity index is 2.48. The second-order valence-electron chi connectivity index (χ2n) is 3.39. The molecule has 3 nitrogen and oxygen atoms in total. The van der Waals surface area contributed by atoms with E-state index < -0.39 is 0 Å². The number of rotatable bonds is 6. The maximum Gasteiger partial charge on any atom is 0.129 e. The van der Waals surface area contributed by atoms with Gasteiger partial charge in [0.25, 0.3) is 0 Å². The highest BCUT2D eigenvalue weighted by molar-refractivity contribution is 5.06. The van der Waals surface area contributed by atoms with Crippen molar-refractivity contribution in [3.8, 4) is 0 Å². The van der Waals surface area contributed by atoms with E-state index in [4.69, 9.17) is 9.52 Å². The third kappa shape index (κ3) is 3.16. The number of aliphatic hydroxyl groups excluding tert-OH is 1. The zero-order chi connectivity index (χ0) is 10.4. The SMILES string of the molecule is CCCN(CC)Cc1ccc(CO)o1. The van der Waals surface area contributed by atoms with Crippen molar-refractivity contribution in [1.29, 1.82) is 0 Å². The molecule has 1 heterocycles. The first kappa shape index (κ1) is 11.3. The summed E-state index contributed by atoms with van der Waals surface area (Å²) >= 11 is 0. The van der Waals surface area contributed by atoms with Gasteiger partial charge in [-0.15, -0.1) is 0 Å². The lowest BCUT2D eigenvalue weighted by Crippen LogP contribution is -2.23. The summed E-state index contributed by atoms with van der Waals surface area (Å²) in [5, 5.41) is 8.84. The first-order chi connectivity index (χ1) is 6.80. The van der Waals surface area contributed by atoms with E-state index in [0.29, 0.717) is 5.76 Å². The van der Waals surface area contributed by atoms with Crippen molar-refractivity contribution in [2.75, 3.05) is 13.1 Å². The molecule has 0 unspecified atom stereocenters.